The van der Waals surface area contributed by atoms with E-state index in [0.29, 0.717) is 5.56 Å². The van der Waals surface area contributed by atoms with Crippen LogP contribution in [0.25, 0.3) is 11.1 Å². The van der Waals surface area contributed by atoms with E-state index in [1.165, 1.54) is 49.8 Å². The summed E-state index contributed by atoms with van der Waals surface area (Å²) < 4.78 is 54.5. The molecule has 0 saturated heterocycles. The maximum absolute atomic E-state index is 14.5. The van der Waals surface area contributed by atoms with Crippen LogP contribution in [-0.4, -0.2) is 0 Å². The molecule has 3 aromatic rings. The zero-order valence-electron chi connectivity index (χ0n) is 17.5. The molecule has 0 fully saturated rings. The summed E-state index contributed by atoms with van der Waals surface area (Å²) in [4.78, 5) is 0. The fourth-order valence-corrected chi connectivity index (χ4v) is 3.37. The van der Waals surface area contributed by atoms with E-state index in [2.05, 4.69) is 30.9 Å². The third-order valence-corrected chi connectivity index (χ3v) is 5.14. The SMILES string of the molecule is CCCCCCCc1ccc(C#Cc2ccc(-c3cc(F)c(F)c(F)c3)c(F)c2)cc1. The van der Waals surface area contributed by atoms with Crippen molar-refractivity contribution in [3.63, 3.8) is 0 Å². The largest absolute Gasteiger partial charge is 0.206 e. The van der Waals surface area contributed by atoms with Crippen LogP contribution < -0.4 is 0 Å². The lowest BCUT2D eigenvalue weighted by Crippen LogP contribution is -1.94. The first kappa shape index (κ1) is 22.6. The van der Waals surface area contributed by atoms with Crippen LogP contribution in [0.15, 0.2) is 54.6 Å². The molecule has 0 heterocycles. The quantitative estimate of drug-likeness (QED) is 0.157. The molecular formula is C27H24F4. The van der Waals surface area contributed by atoms with Gasteiger partial charge < -0.3 is 0 Å². The van der Waals surface area contributed by atoms with Crippen LogP contribution in [0.4, 0.5) is 17.6 Å². The van der Waals surface area contributed by atoms with E-state index in [-0.39, 0.29) is 11.1 Å². The lowest BCUT2D eigenvalue weighted by molar-refractivity contribution is 0.447. The average Bonchev–Trinajstić information content (AvgIpc) is 2.76. The standard InChI is InChI=1S/C27H24F4/c1-2-3-4-5-6-7-19-8-10-20(11-9-19)12-13-21-14-15-23(24(28)16-21)22-17-25(29)27(31)26(30)18-22/h8-11,14-18H,2-7H2,1H3. The summed E-state index contributed by atoms with van der Waals surface area (Å²) in [5.74, 6) is 0.921. The summed E-state index contributed by atoms with van der Waals surface area (Å²) in [6.07, 6.45) is 7.28. The molecule has 0 aromatic heterocycles. The van der Waals surface area contributed by atoms with Crippen molar-refractivity contribution in [3.05, 3.63) is 94.6 Å². The molecule has 0 nitrogen and oxygen atoms in total. The van der Waals surface area contributed by atoms with Crippen molar-refractivity contribution in [1.29, 1.82) is 0 Å². The van der Waals surface area contributed by atoms with Crippen molar-refractivity contribution in [2.75, 3.05) is 0 Å². The molecule has 0 bridgehead atoms. The van der Waals surface area contributed by atoms with Gasteiger partial charge in [-0.25, -0.2) is 17.6 Å². The van der Waals surface area contributed by atoms with E-state index in [1.54, 1.807) is 6.07 Å². The van der Waals surface area contributed by atoms with Crippen LogP contribution in [-0.2, 0) is 6.42 Å². The monoisotopic (exact) mass is 424 g/mol. The van der Waals surface area contributed by atoms with Gasteiger partial charge in [-0.05, 0) is 60.4 Å². The number of halogens is 4. The Balaban J connectivity index is 1.67. The van der Waals surface area contributed by atoms with Crippen molar-refractivity contribution < 1.29 is 17.6 Å². The summed E-state index contributed by atoms with van der Waals surface area (Å²) in [6.45, 7) is 2.20. The Labute approximate surface area is 180 Å². The van der Waals surface area contributed by atoms with E-state index < -0.39 is 23.3 Å². The molecule has 0 atom stereocenters. The first-order chi connectivity index (χ1) is 15.0. The minimum atomic E-state index is -1.57. The van der Waals surface area contributed by atoms with Crippen molar-refractivity contribution in [3.8, 4) is 23.0 Å². The van der Waals surface area contributed by atoms with E-state index in [4.69, 9.17) is 0 Å². The third kappa shape index (κ3) is 6.21. The lowest BCUT2D eigenvalue weighted by atomic mass is 10.0. The highest BCUT2D eigenvalue weighted by Crippen LogP contribution is 2.26. The third-order valence-electron chi connectivity index (χ3n) is 5.14. The molecule has 0 saturated carbocycles. The van der Waals surface area contributed by atoms with Crippen LogP contribution in [0, 0.1) is 35.1 Å². The predicted octanol–water partition coefficient (Wildman–Crippen LogP) is 7.82. The van der Waals surface area contributed by atoms with E-state index in [0.717, 1.165) is 24.1 Å². The Morgan fingerprint density at radius 2 is 1.26 bits per heavy atom. The Morgan fingerprint density at radius 3 is 1.90 bits per heavy atom. The molecule has 0 radical (unpaired) electrons. The molecule has 0 spiro atoms. The fraction of sp³-hybridized carbons (Fsp3) is 0.259. The highest BCUT2D eigenvalue weighted by atomic mass is 19.2. The highest BCUT2D eigenvalue weighted by molar-refractivity contribution is 5.65. The maximum atomic E-state index is 14.5. The minimum absolute atomic E-state index is 0.0216. The van der Waals surface area contributed by atoms with Crippen LogP contribution in [0.1, 0.15) is 55.7 Å². The topological polar surface area (TPSA) is 0 Å². The smallest absolute Gasteiger partial charge is 0.194 e. The molecule has 0 aliphatic heterocycles. The minimum Gasteiger partial charge on any atom is -0.206 e. The molecule has 3 aromatic carbocycles. The number of hydrogen-bond donors (Lipinski definition) is 0. The molecule has 0 N–H and O–H groups in total. The Morgan fingerprint density at radius 1 is 0.645 bits per heavy atom. The van der Waals surface area contributed by atoms with Crippen molar-refractivity contribution >= 4 is 0 Å². The predicted molar refractivity (Wildman–Crippen MR) is 117 cm³/mol. The molecular weight excluding hydrogens is 400 g/mol. The molecule has 0 aliphatic carbocycles. The summed E-state index contributed by atoms with van der Waals surface area (Å²) >= 11 is 0. The van der Waals surface area contributed by atoms with Gasteiger partial charge in [0.05, 0.1) is 0 Å². The Hall–Kier alpha value is -3.06. The molecule has 160 valence electrons. The van der Waals surface area contributed by atoms with Crippen LogP contribution >= 0.6 is 0 Å². The first-order valence-electron chi connectivity index (χ1n) is 10.5. The van der Waals surface area contributed by atoms with Gasteiger partial charge in [0, 0.05) is 16.7 Å². The first-order valence-corrected chi connectivity index (χ1v) is 10.5. The van der Waals surface area contributed by atoms with E-state index in [1.807, 2.05) is 12.1 Å². The number of aryl methyl sites for hydroxylation is 1. The lowest BCUT2D eigenvalue weighted by Gasteiger charge is -2.06. The molecule has 0 aliphatic rings. The van der Waals surface area contributed by atoms with Crippen molar-refractivity contribution in [2.24, 2.45) is 0 Å². The Kier molecular flexibility index (Phi) is 7.89. The normalized spacial score (nSPS) is 10.6. The van der Waals surface area contributed by atoms with Gasteiger partial charge in [-0.3, -0.25) is 0 Å². The summed E-state index contributed by atoms with van der Waals surface area (Å²) in [5.41, 5.74) is 2.44. The molecule has 0 amide bonds. The summed E-state index contributed by atoms with van der Waals surface area (Å²) in [5, 5.41) is 0. The molecule has 4 heteroatoms. The van der Waals surface area contributed by atoms with Gasteiger partial charge in [0.2, 0.25) is 0 Å². The van der Waals surface area contributed by atoms with Gasteiger partial charge in [0.1, 0.15) is 5.82 Å². The second-order valence-corrected chi connectivity index (χ2v) is 7.56. The summed E-state index contributed by atoms with van der Waals surface area (Å²) in [6, 6.07) is 13.7. The molecule has 31 heavy (non-hydrogen) atoms. The van der Waals surface area contributed by atoms with Crippen molar-refractivity contribution in [2.45, 2.75) is 45.4 Å². The number of rotatable bonds is 7. The van der Waals surface area contributed by atoms with Gasteiger partial charge in [-0.15, -0.1) is 0 Å². The summed E-state index contributed by atoms with van der Waals surface area (Å²) in [7, 11) is 0. The zero-order valence-corrected chi connectivity index (χ0v) is 17.5. The number of benzene rings is 3. The molecule has 0 unspecified atom stereocenters. The van der Waals surface area contributed by atoms with E-state index in [9.17, 15) is 17.6 Å². The molecule has 3 rings (SSSR count). The highest BCUT2D eigenvalue weighted by Gasteiger charge is 2.14. The average molecular weight is 424 g/mol. The zero-order chi connectivity index (χ0) is 22.2. The maximum Gasteiger partial charge on any atom is 0.194 e. The number of unbranched alkanes of at least 4 members (excludes halogenated alkanes) is 4. The van der Waals surface area contributed by atoms with Crippen LogP contribution in [0.2, 0.25) is 0 Å². The van der Waals surface area contributed by atoms with Gasteiger partial charge in [-0.1, -0.05) is 62.6 Å². The second kappa shape index (κ2) is 10.8. The number of hydrogen-bond acceptors (Lipinski definition) is 0. The van der Waals surface area contributed by atoms with Gasteiger partial charge in [-0.2, -0.15) is 0 Å². The fourth-order valence-electron chi connectivity index (χ4n) is 3.37. The van der Waals surface area contributed by atoms with Gasteiger partial charge in [0.15, 0.2) is 17.5 Å². The van der Waals surface area contributed by atoms with E-state index >= 15 is 0 Å². The van der Waals surface area contributed by atoms with Crippen LogP contribution in [0.3, 0.4) is 0 Å². The van der Waals surface area contributed by atoms with Gasteiger partial charge in [0.25, 0.3) is 0 Å². The van der Waals surface area contributed by atoms with Gasteiger partial charge >= 0.3 is 0 Å². The second-order valence-electron chi connectivity index (χ2n) is 7.56. The van der Waals surface area contributed by atoms with Crippen LogP contribution in [0.5, 0.6) is 0 Å². The Bertz CT molecular complexity index is 1070. The van der Waals surface area contributed by atoms with Crippen molar-refractivity contribution in [1.82, 2.24) is 0 Å².